The molecule has 3 N–H and O–H groups in total. The molecule has 6 atom stereocenters. The smallest absolute Gasteiger partial charge is 0.462 e. The third-order valence-corrected chi connectivity index (χ3v) is 20.4. The van der Waals surface area contributed by atoms with E-state index < -0.39 is 97.5 Å². The molecule has 0 saturated carbocycles. The summed E-state index contributed by atoms with van der Waals surface area (Å²) < 4.78 is 68.2. The van der Waals surface area contributed by atoms with Gasteiger partial charge in [-0.15, -0.1) is 0 Å². The maximum Gasteiger partial charge on any atom is 0.472 e. The molecule has 0 spiro atoms. The lowest BCUT2D eigenvalue weighted by Crippen LogP contribution is -2.30. The van der Waals surface area contributed by atoms with Crippen molar-refractivity contribution in [3.8, 4) is 0 Å². The Bertz CT molecular complexity index is 1890. The lowest BCUT2D eigenvalue weighted by atomic mass is 9.99. The molecular formula is C78H152O17P2. The van der Waals surface area contributed by atoms with Crippen LogP contribution in [0.15, 0.2) is 0 Å². The van der Waals surface area contributed by atoms with Gasteiger partial charge in [-0.25, -0.2) is 9.13 Å². The Kier molecular flexibility index (Phi) is 67.1. The van der Waals surface area contributed by atoms with Crippen LogP contribution in [0.4, 0.5) is 0 Å². The fourth-order valence-corrected chi connectivity index (χ4v) is 13.5. The summed E-state index contributed by atoms with van der Waals surface area (Å²) in [6.07, 6.45) is 56.4. The first kappa shape index (κ1) is 95.1. The maximum atomic E-state index is 13.1. The predicted octanol–water partition coefficient (Wildman–Crippen LogP) is 23.0. The summed E-state index contributed by atoms with van der Waals surface area (Å²) in [6, 6.07) is 0. The van der Waals surface area contributed by atoms with Gasteiger partial charge in [0.1, 0.15) is 19.3 Å². The Hall–Kier alpha value is -1.94. The normalized spacial score (nSPS) is 14.3. The molecule has 0 amide bonds. The van der Waals surface area contributed by atoms with Crippen LogP contribution in [0.1, 0.15) is 402 Å². The zero-order valence-corrected chi connectivity index (χ0v) is 65.3. The molecule has 0 aromatic rings. The van der Waals surface area contributed by atoms with E-state index in [1.54, 1.807) is 0 Å². The SMILES string of the molecule is CCCCCCCC(=O)OC[C@H](COP(=O)(O)OC[C@H](O)COP(=O)(O)OC[C@@H](COC(=O)CCCCCCCCCCCCCCCCCCCCC(C)C)OC(=O)CCCCCCCCCCCCCCCCCCCCC(C)CC)OC(=O)CCCCCCCCC(C)C. The summed E-state index contributed by atoms with van der Waals surface area (Å²) in [5, 5.41) is 10.6. The third kappa shape index (κ3) is 70.9. The fraction of sp³-hybridized carbons (Fsp3) is 0.949. The second-order valence-corrected chi connectivity index (χ2v) is 32.2. The van der Waals surface area contributed by atoms with E-state index in [0.29, 0.717) is 31.6 Å². The largest absolute Gasteiger partial charge is 0.472 e. The number of hydrogen-bond donors (Lipinski definition) is 3. The van der Waals surface area contributed by atoms with Gasteiger partial charge in [0.15, 0.2) is 12.2 Å². The van der Waals surface area contributed by atoms with Crippen LogP contribution in [0.25, 0.3) is 0 Å². The Morgan fingerprint density at radius 3 is 0.784 bits per heavy atom. The molecule has 0 fully saturated rings. The lowest BCUT2D eigenvalue weighted by molar-refractivity contribution is -0.161. The molecule has 19 heteroatoms. The van der Waals surface area contributed by atoms with Crippen LogP contribution >= 0.6 is 15.6 Å². The number of esters is 4. The van der Waals surface area contributed by atoms with Crippen LogP contribution in [-0.4, -0.2) is 96.7 Å². The van der Waals surface area contributed by atoms with Gasteiger partial charge >= 0.3 is 39.5 Å². The molecule has 0 rings (SSSR count). The predicted molar refractivity (Wildman–Crippen MR) is 395 cm³/mol. The van der Waals surface area contributed by atoms with Crippen molar-refractivity contribution >= 4 is 39.5 Å². The van der Waals surface area contributed by atoms with Gasteiger partial charge in [0.05, 0.1) is 26.4 Å². The number of unbranched alkanes of at least 4 members (excludes halogenated alkanes) is 43. The number of phosphoric acid groups is 2. The van der Waals surface area contributed by atoms with E-state index in [2.05, 4.69) is 48.5 Å². The maximum absolute atomic E-state index is 13.1. The minimum absolute atomic E-state index is 0.101. The summed E-state index contributed by atoms with van der Waals surface area (Å²) in [5.74, 6) is 0.231. The molecule has 0 radical (unpaired) electrons. The first-order valence-electron chi connectivity index (χ1n) is 40.4. The van der Waals surface area contributed by atoms with E-state index in [-0.39, 0.29) is 25.7 Å². The molecule has 3 unspecified atom stereocenters. The summed E-state index contributed by atoms with van der Waals surface area (Å²) >= 11 is 0. The molecule has 0 saturated heterocycles. The Morgan fingerprint density at radius 1 is 0.299 bits per heavy atom. The lowest BCUT2D eigenvalue weighted by Gasteiger charge is -2.21. The monoisotopic (exact) mass is 1420 g/mol. The highest BCUT2D eigenvalue weighted by Crippen LogP contribution is 2.45. The van der Waals surface area contributed by atoms with Crippen molar-refractivity contribution in [1.29, 1.82) is 0 Å². The van der Waals surface area contributed by atoms with Crippen LogP contribution in [0.5, 0.6) is 0 Å². The van der Waals surface area contributed by atoms with E-state index in [4.69, 9.17) is 37.0 Å². The highest BCUT2D eigenvalue weighted by Gasteiger charge is 2.30. The van der Waals surface area contributed by atoms with Gasteiger partial charge < -0.3 is 33.8 Å². The fourth-order valence-electron chi connectivity index (χ4n) is 11.9. The van der Waals surface area contributed by atoms with Gasteiger partial charge in [-0.05, 0) is 43.4 Å². The molecule has 0 aliphatic rings. The van der Waals surface area contributed by atoms with Crippen molar-refractivity contribution in [1.82, 2.24) is 0 Å². The highest BCUT2D eigenvalue weighted by atomic mass is 31.2. The van der Waals surface area contributed by atoms with Crippen molar-refractivity contribution in [2.24, 2.45) is 17.8 Å². The number of aliphatic hydroxyl groups is 1. The minimum atomic E-state index is -4.96. The van der Waals surface area contributed by atoms with E-state index in [1.165, 1.54) is 205 Å². The van der Waals surface area contributed by atoms with Crippen LogP contribution < -0.4 is 0 Å². The molecule has 0 aliphatic carbocycles. The van der Waals surface area contributed by atoms with Crippen LogP contribution in [0, 0.1) is 17.8 Å². The van der Waals surface area contributed by atoms with Crippen molar-refractivity contribution in [2.75, 3.05) is 39.6 Å². The summed E-state index contributed by atoms with van der Waals surface area (Å²) in [5.41, 5.74) is 0. The van der Waals surface area contributed by atoms with Gasteiger partial charge in [0.2, 0.25) is 0 Å². The summed E-state index contributed by atoms with van der Waals surface area (Å²) in [4.78, 5) is 72.4. The van der Waals surface area contributed by atoms with Gasteiger partial charge in [-0.3, -0.25) is 37.3 Å². The number of rotatable bonds is 76. The summed E-state index contributed by atoms with van der Waals surface area (Å²) in [6.45, 7) is 11.8. The number of ether oxygens (including phenoxy) is 4. The van der Waals surface area contributed by atoms with Crippen molar-refractivity contribution < 1.29 is 80.2 Å². The molecule has 17 nitrogen and oxygen atoms in total. The number of carbonyl (C=O) groups is 4. The zero-order valence-electron chi connectivity index (χ0n) is 63.5. The van der Waals surface area contributed by atoms with E-state index in [0.717, 1.165) is 108 Å². The Morgan fingerprint density at radius 2 is 0.526 bits per heavy atom. The molecule has 97 heavy (non-hydrogen) atoms. The Labute approximate surface area is 594 Å². The highest BCUT2D eigenvalue weighted by molar-refractivity contribution is 7.47. The second-order valence-electron chi connectivity index (χ2n) is 29.3. The van der Waals surface area contributed by atoms with Crippen LogP contribution in [0.2, 0.25) is 0 Å². The first-order valence-corrected chi connectivity index (χ1v) is 43.4. The van der Waals surface area contributed by atoms with Gasteiger partial charge in [0, 0.05) is 25.7 Å². The molecule has 0 aromatic carbocycles. The standard InChI is InChI=1S/C78H152O17P2/c1-8-10-11-42-52-59-75(80)88-65-73(95-78(83)62-55-48-41-40-44-50-57-70(5)6)67-92-96(84,85)90-63-72(79)64-91-97(86,87)93-68-74(66-89-76(81)60-53-46-38-34-30-26-22-18-14-12-16-20-24-28-32-36-43-49-56-69(3)4)94-77(82)61-54-47-39-35-31-27-23-19-15-13-17-21-25-29-33-37-45-51-58-71(7)9-2/h69-74,79H,8-68H2,1-7H3,(H,84,85)(H,86,87)/t71?,72-,73+,74+/m0/s1. The van der Waals surface area contributed by atoms with Crippen molar-refractivity contribution in [3.05, 3.63) is 0 Å². The van der Waals surface area contributed by atoms with Crippen molar-refractivity contribution in [2.45, 2.75) is 420 Å². The quantitative estimate of drug-likeness (QED) is 0.0222. The average molecular weight is 1420 g/mol. The minimum Gasteiger partial charge on any atom is -0.462 e. The zero-order chi connectivity index (χ0) is 71.6. The first-order chi connectivity index (χ1) is 46.8. The summed E-state index contributed by atoms with van der Waals surface area (Å²) in [7, 11) is -9.90. The van der Waals surface area contributed by atoms with E-state index in [1.807, 2.05) is 0 Å². The molecule has 0 heterocycles. The van der Waals surface area contributed by atoms with Gasteiger partial charge in [0.25, 0.3) is 0 Å². The van der Waals surface area contributed by atoms with Crippen LogP contribution in [0.3, 0.4) is 0 Å². The average Bonchev–Trinajstić information content (AvgIpc) is 1.12. The van der Waals surface area contributed by atoms with E-state index in [9.17, 15) is 43.2 Å². The van der Waals surface area contributed by atoms with Crippen molar-refractivity contribution in [3.63, 3.8) is 0 Å². The number of phosphoric ester groups is 2. The molecule has 0 aliphatic heterocycles. The molecule has 0 bridgehead atoms. The molecular weight excluding hydrogens is 1270 g/mol. The number of hydrogen-bond acceptors (Lipinski definition) is 15. The van der Waals surface area contributed by atoms with E-state index >= 15 is 0 Å². The number of aliphatic hydroxyl groups excluding tert-OH is 1. The Balaban J connectivity index is 5.08. The number of carbonyl (C=O) groups excluding carboxylic acids is 4. The topological polar surface area (TPSA) is 237 Å². The van der Waals surface area contributed by atoms with Crippen LogP contribution in [-0.2, 0) is 65.4 Å². The van der Waals surface area contributed by atoms with Gasteiger partial charge in [-0.1, -0.05) is 350 Å². The van der Waals surface area contributed by atoms with Gasteiger partial charge in [-0.2, -0.15) is 0 Å². The third-order valence-electron chi connectivity index (χ3n) is 18.5. The molecule has 576 valence electrons. The molecule has 0 aromatic heterocycles. The second kappa shape index (κ2) is 68.5.